The minimum Gasteiger partial charge on any atom is -0.378 e. The standard InChI is InChI=1S/C20H23FN4OS/c1-23(2)11-12-25(19(26)14-5-8-16(9-6-14)24(3)4)20-22-17-10-7-15(21)13-18(17)27-20/h5-10,13H,11-12H2,1-4H3. The number of halogens is 1. The molecule has 5 nitrogen and oxygen atoms in total. The second kappa shape index (κ2) is 8.02. The van der Waals surface area contributed by atoms with E-state index in [4.69, 9.17) is 0 Å². The number of carbonyl (C=O) groups excluding carboxylic acids is 1. The molecule has 7 heteroatoms. The maximum absolute atomic E-state index is 13.5. The maximum Gasteiger partial charge on any atom is 0.260 e. The fourth-order valence-corrected chi connectivity index (χ4v) is 3.66. The summed E-state index contributed by atoms with van der Waals surface area (Å²) in [6, 6.07) is 12.0. The van der Waals surface area contributed by atoms with Gasteiger partial charge in [-0.2, -0.15) is 0 Å². The van der Waals surface area contributed by atoms with Crippen LogP contribution in [-0.2, 0) is 0 Å². The average molecular weight is 386 g/mol. The predicted octanol–water partition coefficient (Wildman–Crippen LogP) is 3.71. The number of hydrogen-bond acceptors (Lipinski definition) is 5. The molecule has 1 amide bonds. The number of benzene rings is 2. The molecule has 0 saturated heterocycles. The fourth-order valence-electron chi connectivity index (χ4n) is 2.64. The normalized spacial score (nSPS) is 11.2. The Morgan fingerprint density at radius 1 is 1.04 bits per heavy atom. The summed E-state index contributed by atoms with van der Waals surface area (Å²) in [6.07, 6.45) is 0. The lowest BCUT2D eigenvalue weighted by molar-refractivity contribution is 0.0985. The van der Waals surface area contributed by atoms with Crippen LogP contribution in [0.4, 0.5) is 15.2 Å². The zero-order chi connectivity index (χ0) is 19.6. The molecule has 0 bridgehead atoms. The molecular formula is C20H23FN4OS. The molecule has 0 unspecified atom stereocenters. The third-order valence-corrected chi connectivity index (χ3v) is 5.26. The number of fused-ring (bicyclic) bond motifs is 1. The lowest BCUT2D eigenvalue weighted by Crippen LogP contribution is -2.36. The maximum atomic E-state index is 13.5. The number of hydrogen-bond donors (Lipinski definition) is 0. The summed E-state index contributed by atoms with van der Waals surface area (Å²) in [4.78, 5) is 23.4. The van der Waals surface area contributed by atoms with Crippen molar-refractivity contribution in [1.82, 2.24) is 9.88 Å². The van der Waals surface area contributed by atoms with E-state index in [-0.39, 0.29) is 11.7 Å². The summed E-state index contributed by atoms with van der Waals surface area (Å²) in [5.41, 5.74) is 2.33. The molecule has 0 fully saturated rings. The molecule has 0 N–H and O–H groups in total. The van der Waals surface area contributed by atoms with Gasteiger partial charge in [0, 0.05) is 38.4 Å². The van der Waals surface area contributed by atoms with Crippen LogP contribution < -0.4 is 9.80 Å². The van der Waals surface area contributed by atoms with E-state index in [2.05, 4.69) is 4.98 Å². The van der Waals surface area contributed by atoms with Crippen molar-refractivity contribution in [3.05, 3.63) is 53.8 Å². The number of carbonyl (C=O) groups is 1. The molecule has 0 aliphatic carbocycles. The van der Waals surface area contributed by atoms with Crippen LogP contribution in [0.2, 0.25) is 0 Å². The largest absolute Gasteiger partial charge is 0.378 e. The Labute approximate surface area is 162 Å². The summed E-state index contributed by atoms with van der Waals surface area (Å²) >= 11 is 1.33. The molecule has 0 radical (unpaired) electrons. The highest BCUT2D eigenvalue weighted by molar-refractivity contribution is 7.22. The molecule has 1 heterocycles. The van der Waals surface area contributed by atoms with E-state index in [9.17, 15) is 9.18 Å². The van der Waals surface area contributed by atoms with Crippen LogP contribution in [0.1, 0.15) is 10.4 Å². The number of nitrogens with zero attached hydrogens (tertiary/aromatic N) is 4. The minimum absolute atomic E-state index is 0.110. The fraction of sp³-hybridized carbons (Fsp3) is 0.300. The van der Waals surface area contributed by atoms with E-state index in [0.29, 0.717) is 29.3 Å². The average Bonchev–Trinajstić information content (AvgIpc) is 3.04. The monoisotopic (exact) mass is 386 g/mol. The van der Waals surface area contributed by atoms with Gasteiger partial charge in [-0.25, -0.2) is 9.37 Å². The van der Waals surface area contributed by atoms with Gasteiger partial charge >= 0.3 is 0 Å². The first-order chi connectivity index (χ1) is 12.8. The summed E-state index contributed by atoms with van der Waals surface area (Å²) in [6.45, 7) is 1.20. The van der Waals surface area contributed by atoms with Gasteiger partial charge in [0.1, 0.15) is 5.82 Å². The number of rotatable bonds is 6. The Morgan fingerprint density at radius 2 is 1.74 bits per heavy atom. The Bertz CT molecular complexity index is 937. The zero-order valence-electron chi connectivity index (χ0n) is 15.9. The minimum atomic E-state index is -0.303. The van der Waals surface area contributed by atoms with E-state index < -0.39 is 0 Å². The SMILES string of the molecule is CN(C)CCN(C(=O)c1ccc(N(C)C)cc1)c1nc2ccc(F)cc2s1. The molecule has 3 rings (SSSR count). The molecule has 3 aromatic rings. The van der Waals surface area contributed by atoms with E-state index in [0.717, 1.165) is 10.4 Å². The molecule has 2 aromatic carbocycles. The van der Waals surface area contributed by atoms with Crippen molar-refractivity contribution in [2.45, 2.75) is 0 Å². The molecule has 0 spiro atoms. The first kappa shape index (κ1) is 19.3. The first-order valence-corrected chi connectivity index (χ1v) is 9.47. The third kappa shape index (κ3) is 4.43. The highest BCUT2D eigenvalue weighted by Gasteiger charge is 2.21. The number of anilines is 2. The van der Waals surface area contributed by atoms with Gasteiger partial charge in [0.05, 0.1) is 10.2 Å². The number of thiazole rings is 1. The number of amides is 1. The number of aromatic nitrogens is 1. The predicted molar refractivity (Wildman–Crippen MR) is 111 cm³/mol. The summed E-state index contributed by atoms with van der Waals surface area (Å²) in [7, 11) is 7.84. The van der Waals surface area contributed by atoms with Crippen molar-refractivity contribution in [2.75, 3.05) is 51.1 Å². The van der Waals surface area contributed by atoms with Crippen molar-refractivity contribution < 1.29 is 9.18 Å². The second-order valence-electron chi connectivity index (χ2n) is 6.81. The Kier molecular flexibility index (Phi) is 5.72. The third-order valence-electron chi connectivity index (χ3n) is 4.22. The lowest BCUT2D eigenvalue weighted by atomic mass is 10.1. The summed E-state index contributed by atoms with van der Waals surface area (Å²) < 4.78 is 14.2. The van der Waals surface area contributed by atoms with Gasteiger partial charge in [0.25, 0.3) is 5.91 Å². The van der Waals surface area contributed by atoms with Crippen molar-refractivity contribution in [1.29, 1.82) is 0 Å². The van der Waals surface area contributed by atoms with E-state index in [1.165, 1.54) is 23.5 Å². The van der Waals surface area contributed by atoms with Crippen LogP contribution in [0, 0.1) is 5.82 Å². The molecule has 0 saturated carbocycles. The highest BCUT2D eigenvalue weighted by atomic mass is 32.1. The zero-order valence-corrected chi connectivity index (χ0v) is 16.8. The van der Waals surface area contributed by atoms with Gasteiger partial charge in [-0.15, -0.1) is 0 Å². The summed E-state index contributed by atoms with van der Waals surface area (Å²) in [5.74, 6) is -0.412. The Hall–Kier alpha value is -2.51. The van der Waals surface area contributed by atoms with Gasteiger partial charge in [-0.3, -0.25) is 9.69 Å². The van der Waals surface area contributed by atoms with Crippen LogP contribution in [0.3, 0.4) is 0 Å². The van der Waals surface area contributed by atoms with Crippen LogP contribution in [0.15, 0.2) is 42.5 Å². The van der Waals surface area contributed by atoms with E-state index >= 15 is 0 Å². The molecule has 0 aliphatic heterocycles. The van der Waals surface area contributed by atoms with Gasteiger partial charge in [-0.05, 0) is 56.6 Å². The van der Waals surface area contributed by atoms with Crippen molar-refractivity contribution >= 4 is 38.3 Å². The van der Waals surface area contributed by atoms with E-state index in [1.54, 1.807) is 11.0 Å². The molecule has 142 valence electrons. The molecule has 0 atom stereocenters. The Balaban J connectivity index is 1.94. The van der Waals surface area contributed by atoms with Crippen molar-refractivity contribution in [3.8, 4) is 0 Å². The Morgan fingerprint density at radius 3 is 2.37 bits per heavy atom. The highest BCUT2D eigenvalue weighted by Crippen LogP contribution is 2.30. The second-order valence-corrected chi connectivity index (χ2v) is 7.82. The molecule has 0 aliphatic rings. The van der Waals surface area contributed by atoms with Crippen molar-refractivity contribution in [2.24, 2.45) is 0 Å². The quantitative estimate of drug-likeness (QED) is 0.648. The lowest BCUT2D eigenvalue weighted by Gasteiger charge is -2.22. The van der Waals surface area contributed by atoms with Crippen molar-refractivity contribution in [3.63, 3.8) is 0 Å². The van der Waals surface area contributed by atoms with Gasteiger partial charge < -0.3 is 9.80 Å². The number of likely N-dealkylation sites (N-methyl/N-ethyl adjacent to an activating group) is 1. The molecular weight excluding hydrogens is 363 g/mol. The van der Waals surface area contributed by atoms with E-state index in [1.807, 2.05) is 62.3 Å². The van der Waals surface area contributed by atoms with Crippen LogP contribution in [0.25, 0.3) is 10.2 Å². The smallest absolute Gasteiger partial charge is 0.260 e. The molecule has 27 heavy (non-hydrogen) atoms. The van der Waals surface area contributed by atoms with Gasteiger partial charge in [-0.1, -0.05) is 11.3 Å². The molecule has 1 aromatic heterocycles. The topological polar surface area (TPSA) is 39.7 Å². The van der Waals surface area contributed by atoms with Gasteiger partial charge in [0.15, 0.2) is 5.13 Å². The van der Waals surface area contributed by atoms with Crippen LogP contribution >= 0.6 is 11.3 Å². The van der Waals surface area contributed by atoms with Crippen LogP contribution in [0.5, 0.6) is 0 Å². The summed E-state index contributed by atoms with van der Waals surface area (Å²) in [5, 5.41) is 0.583. The first-order valence-electron chi connectivity index (χ1n) is 8.65. The van der Waals surface area contributed by atoms with Crippen LogP contribution in [-0.4, -0.2) is 57.1 Å². The van der Waals surface area contributed by atoms with Gasteiger partial charge in [0.2, 0.25) is 0 Å².